The van der Waals surface area contributed by atoms with Gasteiger partial charge in [-0.3, -0.25) is 0 Å². The van der Waals surface area contributed by atoms with Gasteiger partial charge in [0, 0.05) is 34.1 Å². The monoisotopic (exact) mass is 314 g/mol. The number of hydrogen-bond acceptors (Lipinski definition) is 0. The summed E-state index contributed by atoms with van der Waals surface area (Å²) in [5.74, 6) is 0. The Balaban J connectivity index is 2.58. The zero-order valence-electron chi connectivity index (χ0n) is 7.27. The van der Waals surface area contributed by atoms with E-state index in [1.54, 1.807) is 0 Å². The molecule has 0 atom stereocenters. The van der Waals surface area contributed by atoms with Crippen LogP contribution in [0.2, 0.25) is 0 Å². The van der Waals surface area contributed by atoms with Gasteiger partial charge in [-0.25, -0.2) is 0 Å². The molecule has 2 aromatic heterocycles. The second-order valence-electron chi connectivity index (χ2n) is 2.75. The molecule has 0 N–H and O–H groups in total. The van der Waals surface area contributed by atoms with E-state index >= 15 is 0 Å². The minimum absolute atomic E-state index is 0.983. The molecule has 70 valence electrons. The summed E-state index contributed by atoms with van der Waals surface area (Å²) in [7, 11) is 0. The van der Waals surface area contributed by atoms with Crippen molar-refractivity contribution >= 4 is 31.9 Å². The van der Waals surface area contributed by atoms with Gasteiger partial charge in [-0.15, -0.1) is 0 Å². The van der Waals surface area contributed by atoms with Gasteiger partial charge < -0.3 is 0 Å². The van der Waals surface area contributed by atoms with Gasteiger partial charge in [-0.2, -0.15) is 0 Å². The van der Waals surface area contributed by atoms with Crippen LogP contribution in [-0.2, 0) is 0 Å². The molecule has 0 aliphatic carbocycles. The fourth-order valence-corrected chi connectivity index (χ4v) is 1.93. The average molecular weight is 316 g/mol. The number of halogens is 2. The minimum atomic E-state index is 0.983. The normalized spacial score (nSPS) is 10.1. The van der Waals surface area contributed by atoms with E-state index < -0.39 is 0 Å². The van der Waals surface area contributed by atoms with Gasteiger partial charge in [0.05, 0.1) is 9.35 Å². The lowest BCUT2D eigenvalue weighted by molar-refractivity contribution is -1.30. The van der Waals surface area contributed by atoms with Gasteiger partial charge >= 0.3 is 4.60 Å². The molecule has 14 heavy (non-hydrogen) atoms. The van der Waals surface area contributed by atoms with E-state index in [0.29, 0.717) is 0 Å². The number of rotatable bonds is 1. The summed E-state index contributed by atoms with van der Waals surface area (Å²) in [4.78, 5) is 0. The Morgan fingerprint density at radius 2 is 1.57 bits per heavy atom. The van der Waals surface area contributed by atoms with E-state index in [-0.39, 0.29) is 0 Å². The van der Waals surface area contributed by atoms with Crippen LogP contribution >= 0.6 is 31.9 Å². The number of hydrogen-bond donors (Lipinski definition) is 0. The second kappa shape index (κ2) is 4.19. The van der Waals surface area contributed by atoms with E-state index in [9.17, 15) is 0 Å². The Hall–Kier alpha value is -0.740. The van der Waals surface area contributed by atoms with Gasteiger partial charge in [-0.05, 0) is 28.1 Å². The van der Waals surface area contributed by atoms with Crippen LogP contribution in [-0.4, -0.2) is 0 Å². The van der Waals surface area contributed by atoms with Crippen molar-refractivity contribution < 1.29 is 9.35 Å². The van der Waals surface area contributed by atoms with Crippen LogP contribution < -0.4 is 9.35 Å². The molecular weight excluding hydrogens is 308 g/mol. The van der Waals surface area contributed by atoms with Crippen molar-refractivity contribution in [2.24, 2.45) is 0 Å². The molecular formula is C10H8Br2N2+2. The highest BCUT2D eigenvalue weighted by Gasteiger charge is 2.18. The number of nitrogens with zero attached hydrogens (tertiary/aromatic N) is 2. The van der Waals surface area contributed by atoms with E-state index in [2.05, 4.69) is 31.9 Å². The van der Waals surface area contributed by atoms with Crippen molar-refractivity contribution in [1.29, 1.82) is 0 Å². The van der Waals surface area contributed by atoms with Crippen LogP contribution in [0, 0.1) is 0 Å². The summed E-state index contributed by atoms with van der Waals surface area (Å²) in [6, 6.07) is 9.93. The Morgan fingerprint density at radius 3 is 2.29 bits per heavy atom. The van der Waals surface area contributed by atoms with E-state index in [0.717, 1.165) is 9.08 Å². The lowest BCUT2D eigenvalue weighted by Gasteiger charge is -1.91. The first kappa shape index (κ1) is 9.80. The molecule has 0 aliphatic rings. The number of pyridine rings is 2. The SMILES string of the molecule is Brc1ccc[n+](-[n+]2ccccc2)c1Br. The van der Waals surface area contributed by atoms with Crippen LogP contribution in [0.3, 0.4) is 0 Å². The molecule has 0 amide bonds. The highest BCUT2D eigenvalue weighted by molar-refractivity contribution is 9.13. The third-order valence-electron chi connectivity index (χ3n) is 1.82. The Bertz CT molecular complexity index is 443. The summed E-state index contributed by atoms with van der Waals surface area (Å²) in [6.07, 6.45) is 5.95. The van der Waals surface area contributed by atoms with E-state index in [1.165, 1.54) is 0 Å². The summed E-state index contributed by atoms with van der Waals surface area (Å²) in [6.45, 7) is 0. The molecule has 2 aromatic rings. The third-order valence-corrected chi connectivity index (χ3v) is 3.78. The molecule has 2 heterocycles. The van der Waals surface area contributed by atoms with E-state index in [1.807, 2.05) is 58.3 Å². The Kier molecular flexibility index (Phi) is 2.93. The molecule has 0 aliphatic heterocycles. The van der Waals surface area contributed by atoms with Gasteiger partial charge in [0.2, 0.25) is 18.6 Å². The zero-order valence-corrected chi connectivity index (χ0v) is 10.4. The predicted molar refractivity (Wildman–Crippen MR) is 59.5 cm³/mol. The summed E-state index contributed by atoms with van der Waals surface area (Å²) < 4.78 is 5.98. The van der Waals surface area contributed by atoms with Gasteiger partial charge in [0.15, 0.2) is 0 Å². The lowest BCUT2D eigenvalue weighted by atomic mass is 10.5. The van der Waals surface area contributed by atoms with Crippen LogP contribution in [0.5, 0.6) is 0 Å². The summed E-state index contributed by atoms with van der Waals surface area (Å²) >= 11 is 6.97. The standard InChI is InChI=1S/C10H8Br2N2/c11-9-5-4-8-14(10(9)12)13-6-2-1-3-7-13/h1-8H/q+2. The van der Waals surface area contributed by atoms with Crippen molar-refractivity contribution in [3.05, 3.63) is 58.0 Å². The van der Waals surface area contributed by atoms with Crippen molar-refractivity contribution in [1.82, 2.24) is 0 Å². The first-order valence-electron chi connectivity index (χ1n) is 4.11. The van der Waals surface area contributed by atoms with Crippen molar-refractivity contribution in [3.8, 4) is 0 Å². The smallest absolute Gasteiger partial charge is 0.0499 e. The maximum Gasteiger partial charge on any atom is 0.332 e. The van der Waals surface area contributed by atoms with Gasteiger partial charge in [0.1, 0.15) is 4.47 Å². The molecule has 0 saturated carbocycles. The second-order valence-corrected chi connectivity index (χ2v) is 4.35. The molecule has 0 spiro atoms. The van der Waals surface area contributed by atoms with Crippen molar-refractivity contribution in [2.45, 2.75) is 0 Å². The van der Waals surface area contributed by atoms with Crippen LogP contribution in [0.15, 0.2) is 58.0 Å². The molecule has 4 heteroatoms. The largest absolute Gasteiger partial charge is 0.332 e. The van der Waals surface area contributed by atoms with Gasteiger partial charge in [0.25, 0.3) is 0 Å². The number of aromatic nitrogens is 2. The first-order valence-corrected chi connectivity index (χ1v) is 5.70. The van der Waals surface area contributed by atoms with Gasteiger partial charge in [-0.1, -0.05) is 0 Å². The molecule has 0 radical (unpaired) electrons. The quantitative estimate of drug-likeness (QED) is 0.562. The van der Waals surface area contributed by atoms with E-state index in [4.69, 9.17) is 0 Å². The molecule has 0 unspecified atom stereocenters. The molecule has 2 nitrogen and oxygen atoms in total. The highest BCUT2D eigenvalue weighted by Crippen LogP contribution is 2.16. The van der Waals surface area contributed by atoms with Crippen LogP contribution in [0.1, 0.15) is 0 Å². The highest BCUT2D eigenvalue weighted by atomic mass is 79.9. The summed E-state index contributed by atoms with van der Waals surface area (Å²) in [5, 5.41) is 0. The third kappa shape index (κ3) is 1.86. The molecule has 0 bridgehead atoms. The first-order chi connectivity index (χ1) is 6.79. The molecule has 2 rings (SSSR count). The average Bonchev–Trinajstić information content (AvgIpc) is 2.23. The zero-order chi connectivity index (χ0) is 9.97. The van der Waals surface area contributed by atoms with Crippen LogP contribution in [0.25, 0.3) is 0 Å². The Morgan fingerprint density at radius 1 is 0.857 bits per heavy atom. The van der Waals surface area contributed by atoms with Crippen molar-refractivity contribution in [3.63, 3.8) is 0 Å². The molecule has 0 saturated heterocycles. The van der Waals surface area contributed by atoms with Crippen molar-refractivity contribution in [2.75, 3.05) is 0 Å². The molecule has 0 fully saturated rings. The topological polar surface area (TPSA) is 7.76 Å². The maximum absolute atomic E-state index is 3.51. The maximum atomic E-state index is 3.51. The fraction of sp³-hybridized carbons (Fsp3) is 0. The molecule has 0 aromatic carbocycles. The lowest BCUT2D eigenvalue weighted by Crippen LogP contribution is -2.66. The fourth-order valence-electron chi connectivity index (χ4n) is 1.16. The van der Waals surface area contributed by atoms with Crippen LogP contribution in [0.4, 0.5) is 0 Å². The Labute approximate surface area is 99.1 Å². The minimum Gasteiger partial charge on any atom is -0.0499 e. The predicted octanol–water partition coefficient (Wildman–Crippen LogP) is 2.10. The summed E-state index contributed by atoms with van der Waals surface area (Å²) in [5.41, 5.74) is 0.